The third-order valence-corrected chi connectivity index (χ3v) is 3.57. The second kappa shape index (κ2) is 3.45. The molecular weight excluding hydrogens is 234 g/mol. The number of halogens is 4. The van der Waals surface area contributed by atoms with Gasteiger partial charge in [-0.15, -0.1) is 0 Å². The Labute approximate surface area is 96.6 Å². The largest absolute Gasteiger partial charge is 0.416 e. The molecule has 0 amide bonds. The SMILES string of the molecule is CC1(C)[C@@H](N)[C@@H]1c1ccc(C(F)(F)F)cc1F. The number of benzene rings is 1. The summed E-state index contributed by atoms with van der Waals surface area (Å²) in [7, 11) is 0. The fraction of sp³-hybridized carbons (Fsp3) is 0.500. The van der Waals surface area contributed by atoms with Gasteiger partial charge in [0.1, 0.15) is 5.82 Å². The van der Waals surface area contributed by atoms with Crippen LogP contribution in [0.25, 0.3) is 0 Å². The third-order valence-electron chi connectivity index (χ3n) is 3.57. The molecule has 2 N–H and O–H groups in total. The molecular formula is C12H13F4N. The highest BCUT2D eigenvalue weighted by atomic mass is 19.4. The summed E-state index contributed by atoms with van der Waals surface area (Å²) in [5.74, 6) is -1.03. The van der Waals surface area contributed by atoms with Crippen LogP contribution >= 0.6 is 0 Å². The summed E-state index contributed by atoms with van der Waals surface area (Å²) >= 11 is 0. The monoisotopic (exact) mass is 247 g/mol. The van der Waals surface area contributed by atoms with Crippen molar-refractivity contribution in [1.82, 2.24) is 0 Å². The van der Waals surface area contributed by atoms with Gasteiger partial charge in [-0.3, -0.25) is 0 Å². The lowest BCUT2D eigenvalue weighted by Gasteiger charge is -2.09. The van der Waals surface area contributed by atoms with E-state index in [4.69, 9.17) is 5.73 Å². The highest BCUT2D eigenvalue weighted by molar-refractivity contribution is 5.37. The van der Waals surface area contributed by atoms with E-state index in [1.54, 1.807) is 0 Å². The molecule has 0 saturated heterocycles. The molecule has 0 unspecified atom stereocenters. The van der Waals surface area contributed by atoms with Gasteiger partial charge in [0.15, 0.2) is 0 Å². The molecule has 1 fully saturated rings. The van der Waals surface area contributed by atoms with Gasteiger partial charge < -0.3 is 5.73 Å². The Bertz CT molecular complexity index is 450. The lowest BCUT2D eigenvalue weighted by atomic mass is 10.0. The topological polar surface area (TPSA) is 26.0 Å². The first-order valence-electron chi connectivity index (χ1n) is 5.28. The van der Waals surface area contributed by atoms with Crippen molar-refractivity contribution in [2.75, 3.05) is 0 Å². The fourth-order valence-electron chi connectivity index (χ4n) is 2.23. The van der Waals surface area contributed by atoms with Crippen molar-refractivity contribution in [3.8, 4) is 0 Å². The van der Waals surface area contributed by atoms with E-state index >= 15 is 0 Å². The van der Waals surface area contributed by atoms with Crippen LogP contribution in [-0.2, 0) is 6.18 Å². The molecule has 0 spiro atoms. The zero-order chi connectivity index (χ0) is 13.0. The van der Waals surface area contributed by atoms with Crippen LogP contribution in [-0.4, -0.2) is 6.04 Å². The molecule has 0 radical (unpaired) electrons. The van der Waals surface area contributed by atoms with Crippen molar-refractivity contribution < 1.29 is 17.6 Å². The minimum atomic E-state index is -4.51. The predicted octanol–water partition coefficient (Wildman–Crippen LogP) is 3.30. The minimum Gasteiger partial charge on any atom is -0.327 e. The summed E-state index contributed by atoms with van der Waals surface area (Å²) in [4.78, 5) is 0. The van der Waals surface area contributed by atoms with Gasteiger partial charge >= 0.3 is 6.18 Å². The first-order chi connectivity index (χ1) is 7.65. The summed E-state index contributed by atoms with van der Waals surface area (Å²) in [5, 5.41) is 0. The van der Waals surface area contributed by atoms with Crippen molar-refractivity contribution in [2.24, 2.45) is 11.1 Å². The first-order valence-corrected chi connectivity index (χ1v) is 5.28. The number of hydrogen-bond acceptors (Lipinski definition) is 1. The van der Waals surface area contributed by atoms with Crippen LogP contribution in [0.15, 0.2) is 18.2 Å². The molecule has 2 rings (SSSR count). The van der Waals surface area contributed by atoms with E-state index in [-0.39, 0.29) is 22.9 Å². The van der Waals surface area contributed by atoms with Crippen molar-refractivity contribution in [1.29, 1.82) is 0 Å². The zero-order valence-corrected chi connectivity index (χ0v) is 9.48. The summed E-state index contributed by atoms with van der Waals surface area (Å²) in [6, 6.07) is 2.43. The van der Waals surface area contributed by atoms with E-state index in [1.807, 2.05) is 13.8 Å². The van der Waals surface area contributed by atoms with E-state index in [2.05, 4.69) is 0 Å². The van der Waals surface area contributed by atoms with Crippen LogP contribution in [0, 0.1) is 11.2 Å². The van der Waals surface area contributed by atoms with Crippen LogP contribution in [0.4, 0.5) is 17.6 Å². The standard InChI is InChI=1S/C12H13F4N/c1-11(2)9(10(11)17)7-4-3-6(5-8(7)13)12(14,15)16/h3-5,9-10H,17H2,1-2H3/t9-,10-/m0/s1. The van der Waals surface area contributed by atoms with Gasteiger partial charge in [0, 0.05) is 12.0 Å². The second-order valence-corrected chi connectivity index (χ2v) is 5.06. The molecule has 1 aliphatic carbocycles. The zero-order valence-electron chi connectivity index (χ0n) is 9.48. The third kappa shape index (κ3) is 1.92. The van der Waals surface area contributed by atoms with E-state index in [0.717, 1.165) is 6.07 Å². The number of rotatable bonds is 1. The molecule has 2 atom stereocenters. The lowest BCUT2D eigenvalue weighted by Crippen LogP contribution is -2.07. The van der Waals surface area contributed by atoms with Crippen LogP contribution < -0.4 is 5.73 Å². The second-order valence-electron chi connectivity index (χ2n) is 5.06. The van der Waals surface area contributed by atoms with Crippen LogP contribution in [0.3, 0.4) is 0 Å². The number of alkyl halides is 3. The molecule has 0 heterocycles. The molecule has 94 valence electrons. The van der Waals surface area contributed by atoms with Crippen LogP contribution in [0.2, 0.25) is 0 Å². The first kappa shape index (κ1) is 12.4. The number of nitrogens with two attached hydrogens (primary N) is 1. The molecule has 0 bridgehead atoms. The van der Waals surface area contributed by atoms with Crippen molar-refractivity contribution in [3.63, 3.8) is 0 Å². The van der Waals surface area contributed by atoms with Crippen LogP contribution in [0.1, 0.15) is 30.9 Å². The molecule has 1 saturated carbocycles. The average molecular weight is 247 g/mol. The maximum Gasteiger partial charge on any atom is 0.416 e. The summed E-state index contributed by atoms with van der Waals surface area (Å²) in [5.41, 5.74) is 4.84. The molecule has 1 aromatic rings. The number of hydrogen-bond donors (Lipinski definition) is 1. The van der Waals surface area contributed by atoms with Gasteiger partial charge in [-0.25, -0.2) is 4.39 Å². The van der Waals surface area contributed by atoms with Gasteiger partial charge in [-0.05, 0) is 23.1 Å². The molecule has 1 aromatic carbocycles. The Balaban J connectivity index is 2.35. The molecule has 1 nitrogen and oxygen atoms in total. The maximum atomic E-state index is 13.6. The highest BCUT2D eigenvalue weighted by Gasteiger charge is 2.57. The van der Waals surface area contributed by atoms with Gasteiger partial charge in [0.25, 0.3) is 0 Å². The Hall–Kier alpha value is -1.10. The normalized spacial score (nSPS) is 27.0. The van der Waals surface area contributed by atoms with Crippen molar-refractivity contribution in [2.45, 2.75) is 32.0 Å². The molecule has 1 aliphatic rings. The minimum absolute atomic E-state index is 0.200. The van der Waals surface area contributed by atoms with Gasteiger partial charge in [0.05, 0.1) is 5.56 Å². The van der Waals surface area contributed by atoms with E-state index in [0.29, 0.717) is 6.07 Å². The van der Waals surface area contributed by atoms with E-state index in [1.165, 1.54) is 6.07 Å². The Morgan fingerprint density at radius 3 is 2.12 bits per heavy atom. The summed E-state index contributed by atoms with van der Waals surface area (Å²) in [6.45, 7) is 3.75. The summed E-state index contributed by atoms with van der Waals surface area (Å²) < 4.78 is 50.7. The predicted molar refractivity (Wildman–Crippen MR) is 55.9 cm³/mol. The Kier molecular flexibility index (Phi) is 2.51. The Morgan fingerprint density at radius 2 is 1.76 bits per heavy atom. The maximum absolute atomic E-state index is 13.6. The summed E-state index contributed by atoms with van der Waals surface area (Å²) in [6.07, 6.45) is -4.51. The van der Waals surface area contributed by atoms with Gasteiger partial charge in [-0.1, -0.05) is 19.9 Å². The molecule has 5 heteroatoms. The van der Waals surface area contributed by atoms with Crippen LogP contribution in [0.5, 0.6) is 0 Å². The average Bonchev–Trinajstić information content (AvgIpc) is 2.65. The van der Waals surface area contributed by atoms with E-state index in [9.17, 15) is 17.6 Å². The fourth-order valence-corrected chi connectivity index (χ4v) is 2.23. The Morgan fingerprint density at radius 1 is 1.24 bits per heavy atom. The van der Waals surface area contributed by atoms with Gasteiger partial charge in [0.2, 0.25) is 0 Å². The smallest absolute Gasteiger partial charge is 0.327 e. The quantitative estimate of drug-likeness (QED) is 0.757. The molecule has 0 aliphatic heterocycles. The van der Waals surface area contributed by atoms with Gasteiger partial charge in [-0.2, -0.15) is 13.2 Å². The van der Waals surface area contributed by atoms with Crippen molar-refractivity contribution in [3.05, 3.63) is 35.1 Å². The molecule has 17 heavy (non-hydrogen) atoms. The molecule has 0 aromatic heterocycles. The van der Waals surface area contributed by atoms with Crippen molar-refractivity contribution >= 4 is 0 Å². The van der Waals surface area contributed by atoms with E-state index < -0.39 is 17.6 Å². The highest BCUT2D eigenvalue weighted by Crippen LogP contribution is 2.57. The lowest BCUT2D eigenvalue weighted by molar-refractivity contribution is -0.137.